The first-order chi connectivity index (χ1) is 14.6. The van der Waals surface area contributed by atoms with Gasteiger partial charge < -0.3 is 20.0 Å². The van der Waals surface area contributed by atoms with Gasteiger partial charge in [-0.3, -0.25) is 0 Å². The number of hydrogen-bond acceptors (Lipinski definition) is 7. The molecule has 2 heterocycles. The number of aliphatic hydroxyl groups is 1. The molecule has 1 aliphatic heterocycles. The molecular formula is C22H24N4O4. The Morgan fingerprint density at radius 2 is 2.00 bits per heavy atom. The predicted molar refractivity (Wildman–Crippen MR) is 110 cm³/mol. The molecule has 0 spiro atoms. The summed E-state index contributed by atoms with van der Waals surface area (Å²) in [6.07, 6.45) is 2.63. The van der Waals surface area contributed by atoms with E-state index in [4.69, 9.17) is 9.47 Å². The van der Waals surface area contributed by atoms with E-state index in [-0.39, 0.29) is 19.1 Å². The highest BCUT2D eigenvalue weighted by atomic mass is 16.6. The van der Waals surface area contributed by atoms with Gasteiger partial charge in [0, 0.05) is 17.9 Å². The van der Waals surface area contributed by atoms with Crippen LogP contribution in [0.3, 0.4) is 0 Å². The fraction of sp³-hybridized carbons (Fsp3) is 0.318. The van der Waals surface area contributed by atoms with E-state index in [0.717, 1.165) is 11.1 Å². The van der Waals surface area contributed by atoms with Gasteiger partial charge in [0.1, 0.15) is 5.75 Å². The van der Waals surface area contributed by atoms with Crippen molar-refractivity contribution in [3.05, 3.63) is 78.1 Å². The van der Waals surface area contributed by atoms with Gasteiger partial charge in [-0.1, -0.05) is 55.5 Å². The Bertz CT molecular complexity index is 980. The molecule has 30 heavy (non-hydrogen) atoms. The number of nitrogens with one attached hydrogen (secondary N) is 1. The van der Waals surface area contributed by atoms with E-state index in [0.29, 0.717) is 12.2 Å². The van der Waals surface area contributed by atoms with E-state index in [2.05, 4.69) is 15.7 Å². The number of benzene rings is 2. The second kappa shape index (κ2) is 8.64. The van der Waals surface area contributed by atoms with Crippen LogP contribution in [0.4, 0.5) is 0 Å². The fourth-order valence-electron chi connectivity index (χ4n) is 3.70. The number of aromatic nitrogens is 3. The number of rotatable bonds is 8. The highest BCUT2D eigenvalue weighted by molar-refractivity contribution is 5.86. The average molecular weight is 408 g/mol. The number of fused-ring (bicyclic) bond motifs is 1. The highest BCUT2D eigenvalue weighted by Gasteiger charge is 2.51. The van der Waals surface area contributed by atoms with Crippen molar-refractivity contribution < 1.29 is 19.4 Å². The van der Waals surface area contributed by atoms with Crippen LogP contribution >= 0.6 is 0 Å². The predicted octanol–water partition coefficient (Wildman–Crippen LogP) is 1.90. The van der Waals surface area contributed by atoms with Crippen LogP contribution < -0.4 is 10.2 Å². The summed E-state index contributed by atoms with van der Waals surface area (Å²) in [6, 6.07) is 17.2. The van der Waals surface area contributed by atoms with E-state index in [9.17, 15) is 9.90 Å². The summed E-state index contributed by atoms with van der Waals surface area (Å²) in [4.78, 5) is 14.6. The maximum Gasteiger partial charge on any atom is 0.344 e. The van der Waals surface area contributed by atoms with Crippen molar-refractivity contribution in [2.45, 2.75) is 31.0 Å². The Morgan fingerprint density at radius 3 is 2.77 bits per heavy atom. The molecule has 156 valence electrons. The minimum atomic E-state index is -1.25. The van der Waals surface area contributed by atoms with Crippen molar-refractivity contribution in [1.82, 2.24) is 15.1 Å². The molecule has 2 N–H and O–H groups in total. The number of ether oxygens (including phenoxy) is 2. The number of esters is 1. The SMILES string of the molecule is CC1c2ccccc2OC(=O)C1(Cc1ccccc1)OCC(O)CNn1ccnn1. The lowest BCUT2D eigenvalue weighted by Crippen LogP contribution is -2.54. The highest BCUT2D eigenvalue weighted by Crippen LogP contribution is 2.43. The molecule has 1 aliphatic rings. The molecule has 0 fully saturated rings. The molecule has 8 nitrogen and oxygen atoms in total. The average Bonchev–Trinajstić information content (AvgIpc) is 3.29. The fourth-order valence-corrected chi connectivity index (χ4v) is 3.70. The van der Waals surface area contributed by atoms with E-state index in [1.165, 1.54) is 11.0 Å². The van der Waals surface area contributed by atoms with Gasteiger partial charge in [0.2, 0.25) is 0 Å². The molecule has 8 heteroatoms. The summed E-state index contributed by atoms with van der Waals surface area (Å²) >= 11 is 0. The largest absolute Gasteiger partial charge is 0.424 e. The van der Waals surface area contributed by atoms with E-state index >= 15 is 0 Å². The lowest BCUT2D eigenvalue weighted by Gasteiger charge is -2.41. The third-order valence-electron chi connectivity index (χ3n) is 5.39. The molecule has 2 aromatic carbocycles. The van der Waals surface area contributed by atoms with Crippen molar-refractivity contribution in [3.63, 3.8) is 0 Å². The van der Waals surface area contributed by atoms with Gasteiger partial charge in [0.25, 0.3) is 0 Å². The molecular weight excluding hydrogens is 384 g/mol. The Morgan fingerprint density at radius 1 is 1.23 bits per heavy atom. The first-order valence-electron chi connectivity index (χ1n) is 9.86. The zero-order chi connectivity index (χ0) is 21.0. The van der Waals surface area contributed by atoms with Crippen molar-refractivity contribution in [2.75, 3.05) is 18.6 Å². The van der Waals surface area contributed by atoms with Gasteiger partial charge in [0.05, 0.1) is 31.6 Å². The Balaban J connectivity index is 1.55. The van der Waals surface area contributed by atoms with Crippen LogP contribution in [0.5, 0.6) is 5.75 Å². The minimum absolute atomic E-state index is 0.0455. The molecule has 0 aliphatic carbocycles. The molecule has 3 unspecified atom stereocenters. The Labute approximate surface area is 174 Å². The first-order valence-corrected chi connectivity index (χ1v) is 9.86. The number of hydrogen-bond donors (Lipinski definition) is 2. The van der Waals surface area contributed by atoms with Crippen LogP contribution in [-0.2, 0) is 16.0 Å². The monoisotopic (exact) mass is 408 g/mol. The maximum absolute atomic E-state index is 13.2. The van der Waals surface area contributed by atoms with Gasteiger partial charge in [0.15, 0.2) is 5.60 Å². The normalized spacial score (nSPS) is 21.5. The van der Waals surface area contributed by atoms with E-state index in [1.54, 1.807) is 12.3 Å². The third-order valence-corrected chi connectivity index (χ3v) is 5.39. The summed E-state index contributed by atoms with van der Waals surface area (Å²) in [5.41, 5.74) is 3.52. The topological polar surface area (TPSA) is 98.5 Å². The van der Waals surface area contributed by atoms with Crippen LogP contribution in [0, 0.1) is 0 Å². The van der Waals surface area contributed by atoms with Crippen LogP contribution in [0.1, 0.15) is 24.0 Å². The standard InChI is InChI=1S/C22H24N4O4/c1-16-19-9-5-6-10-20(19)30-21(28)22(16,13-17-7-3-2-4-8-17)29-15-18(27)14-24-26-12-11-23-25-26/h2-12,16,18,24,27H,13-15H2,1H3. The number of carbonyl (C=O) groups is 1. The summed E-state index contributed by atoms with van der Waals surface area (Å²) in [6.45, 7) is 2.10. The smallest absolute Gasteiger partial charge is 0.344 e. The number of nitrogens with zero attached hydrogens (tertiary/aromatic N) is 3. The molecule has 0 radical (unpaired) electrons. The van der Waals surface area contributed by atoms with Crippen LogP contribution in [0.2, 0.25) is 0 Å². The molecule has 3 atom stereocenters. The summed E-state index contributed by atoms with van der Waals surface area (Å²) in [7, 11) is 0. The number of aliphatic hydroxyl groups excluding tert-OH is 1. The zero-order valence-electron chi connectivity index (χ0n) is 16.6. The van der Waals surface area contributed by atoms with Gasteiger partial charge in [-0.2, -0.15) is 4.79 Å². The van der Waals surface area contributed by atoms with E-state index < -0.39 is 17.7 Å². The van der Waals surface area contributed by atoms with Crippen LogP contribution in [0.15, 0.2) is 67.0 Å². The zero-order valence-corrected chi connectivity index (χ0v) is 16.6. The molecule has 3 aromatic rings. The first kappa shape index (κ1) is 20.1. The number of para-hydroxylation sites is 1. The van der Waals surface area contributed by atoms with Crippen molar-refractivity contribution in [2.24, 2.45) is 0 Å². The lowest BCUT2D eigenvalue weighted by molar-refractivity contribution is -0.173. The van der Waals surface area contributed by atoms with Gasteiger partial charge in [-0.25, -0.2) is 4.79 Å². The van der Waals surface area contributed by atoms with Crippen molar-refractivity contribution in [1.29, 1.82) is 0 Å². The van der Waals surface area contributed by atoms with Crippen molar-refractivity contribution in [3.8, 4) is 5.75 Å². The molecule has 0 saturated heterocycles. The number of carbonyl (C=O) groups excluding carboxylic acids is 1. The summed E-state index contributed by atoms with van der Waals surface area (Å²) in [5, 5.41) is 17.9. The Kier molecular flexibility index (Phi) is 5.78. The minimum Gasteiger partial charge on any atom is -0.424 e. The molecule has 1 aromatic heterocycles. The molecule has 0 saturated carbocycles. The molecule has 0 bridgehead atoms. The molecule has 4 rings (SSSR count). The second-order valence-electron chi connectivity index (χ2n) is 7.38. The Hall–Kier alpha value is -3.23. The van der Waals surface area contributed by atoms with Crippen LogP contribution in [-0.4, -0.2) is 51.0 Å². The second-order valence-corrected chi connectivity index (χ2v) is 7.38. The van der Waals surface area contributed by atoms with E-state index in [1.807, 2.05) is 55.5 Å². The lowest BCUT2D eigenvalue weighted by atomic mass is 9.77. The quantitative estimate of drug-likeness (QED) is 0.434. The summed E-state index contributed by atoms with van der Waals surface area (Å²) < 4.78 is 11.8. The summed E-state index contributed by atoms with van der Waals surface area (Å²) in [5.74, 6) is -0.157. The van der Waals surface area contributed by atoms with Gasteiger partial charge in [-0.05, 0) is 16.8 Å². The van der Waals surface area contributed by atoms with Crippen molar-refractivity contribution >= 4 is 5.97 Å². The van der Waals surface area contributed by atoms with Crippen LogP contribution in [0.25, 0.3) is 0 Å². The molecule has 0 amide bonds. The third kappa shape index (κ3) is 4.05. The van der Waals surface area contributed by atoms with Gasteiger partial charge in [-0.15, -0.1) is 5.10 Å². The maximum atomic E-state index is 13.2. The van der Waals surface area contributed by atoms with Gasteiger partial charge >= 0.3 is 5.97 Å².